The molecule has 0 atom stereocenters. The number of aromatic nitrogens is 1. The van der Waals surface area contributed by atoms with Crippen LogP contribution in [0.4, 0.5) is 5.69 Å². The Morgan fingerprint density at radius 2 is 1.78 bits per heavy atom. The van der Waals surface area contributed by atoms with Crippen molar-refractivity contribution in [2.45, 2.75) is 0 Å². The molecule has 0 saturated heterocycles. The average molecular weight is 304 g/mol. The highest BCUT2D eigenvalue weighted by Gasteiger charge is 2.07. The van der Waals surface area contributed by atoms with Crippen molar-refractivity contribution in [3.63, 3.8) is 0 Å². The predicted octanol–water partition coefficient (Wildman–Crippen LogP) is 4.04. The lowest BCUT2D eigenvalue weighted by Crippen LogP contribution is -1.95. The van der Waals surface area contributed by atoms with E-state index in [0.29, 0.717) is 5.56 Å². The van der Waals surface area contributed by atoms with Crippen molar-refractivity contribution in [1.29, 1.82) is 0 Å². The largest absolute Gasteiger partial charge is 0.289 e. The lowest BCUT2D eigenvalue weighted by Gasteiger charge is -2.01. The number of fused-ring (bicyclic) bond motifs is 1. The molecule has 0 fully saturated rings. The number of para-hydroxylation sites is 1. The van der Waals surface area contributed by atoms with E-state index in [4.69, 9.17) is 0 Å². The van der Waals surface area contributed by atoms with E-state index < -0.39 is 4.92 Å². The highest BCUT2D eigenvalue weighted by Crippen LogP contribution is 2.18. The Morgan fingerprint density at radius 3 is 2.52 bits per heavy atom. The minimum Gasteiger partial charge on any atom is -0.289 e. The minimum atomic E-state index is -0.493. The number of benzene rings is 2. The summed E-state index contributed by atoms with van der Waals surface area (Å²) in [5, 5.41) is 11.6. The molecule has 0 aliphatic heterocycles. The van der Waals surface area contributed by atoms with E-state index in [1.54, 1.807) is 12.3 Å². The van der Waals surface area contributed by atoms with Gasteiger partial charge in [-0.2, -0.15) is 0 Å². The lowest BCUT2D eigenvalue weighted by molar-refractivity contribution is -0.384. The van der Waals surface area contributed by atoms with Crippen LogP contribution in [0, 0.1) is 10.1 Å². The van der Waals surface area contributed by atoms with Crippen LogP contribution in [0.1, 0.15) is 15.9 Å². The second-order valence-electron chi connectivity index (χ2n) is 4.92. The maximum atomic E-state index is 12.2. The molecule has 0 aliphatic carbocycles. The molecule has 0 aliphatic rings. The third-order valence-corrected chi connectivity index (χ3v) is 3.46. The normalized spacial score (nSPS) is 11.0. The third kappa shape index (κ3) is 3.13. The highest BCUT2D eigenvalue weighted by atomic mass is 16.6. The van der Waals surface area contributed by atoms with Gasteiger partial charge in [-0.05, 0) is 35.9 Å². The molecule has 0 unspecified atom stereocenters. The summed E-state index contributed by atoms with van der Waals surface area (Å²) in [4.78, 5) is 26.6. The SMILES string of the molecule is O=C(/C=C/c1ccnc2ccccc12)c1ccc([N+](=O)[O-])cc1. The molecule has 0 radical (unpaired) electrons. The van der Waals surface area contributed by atoms with E-state index in [9.17, 15) is 14.9 Å². The number of hydrogen-bond acceptors (Lipinski definition) is 4. The van der Waals surface area contributed by atoms with Crippen LogP contribution >= 0.6 is 0 Å². The number of nitro groups is 1. The predicted molar refractivity (Wildman–Crippen MR) is 88.2 cm³/mol. The summed E-state index contributed by atoms with van der Waals surface area (Å²) in [6.07, 6.45) is 4.88. The number of hydrogen-bond donors (Lipinski definition) is 0. The Bertz CT molecular complexity index is 910. The minimum absolute atomic E-state index is 0.0364. The lowest BCUT2D eigenvalue weighted by atomic mass is 10.1. The van der Waals surface area contributed by atoms with E-state index in [1.807, 2.05) is 30.3 Å². The van der Waals surface area contributed by atoms with Crippen LogP contribution in [0.25, 0.3) is 17.0 Å². The van der Waals surface area contributed by atoms with Gasteiger partial charge in [0.15, 0.2) is 5.78 Å². The van der Waals surface area contributed by atoms with Crippen molar-refractivity contribution in [3.05, 3.63) is 88.1 Å². The number of allylic oxidation sites excluding steroid dienone is 1. The number of pyridine rings is 1. The number of nitrogens with zero attached hydrogens (tertiary/aromatic N) is 2. The van der Waals surface area contributed by atoms with E-state index in [2.05, 4.69) is 4.98 Å². The van der Waals surface area contributed by atoms with Gasteiger partial charge >= 0.3 is 0 Å². The molecular formula is C18H12N2O3. The van der Waals surface area contributed by atoms with Gasteiger partial charge in [-0.3, -0.25) is 19.9 Å². The molecule has 0 spiro atoms. The van der Waals surface area contributed by atoms with Gasteiger partial charge < -0.3 is 0 Å². The first-order chi connectivity index (χ1) is 11.1. The van der Waals surface area contributed by atoms with Crippen molar-refractivity contribution in [2.24, 2.45) is 0 Å². The van der Waals surface area contributed by atoms with Gasteiger partial charge in [-0.15, -0.1) is 0 Å². The molecule has 2 aromatic carbocycles. The summed E-state index contributed by atoms with van der Waals surface area (Å²) < 4.78 is 0. The van der Waals surface area contributed by atoms with Crippen molar-refractivity contribution in [3.8, 4) is 0 Å². The first-order valence-corrected chi connectivity index (χ1v) is 6.96. The van der Waals surface area contributed by atoms with Crippen molar-refractivity contribution in [1.82, 2.24) is 4.98 Å². The summed E-state index contributed by atoms with van der Waals surface area (Å²) in [6, 6.07) is 15.1. The highest BCUT2D eigenvalue weighted by molar-refractivity contribution is 6.07. The molecule has 0 amide bonds. The molecule has 0 saturated carbocycles. The number of rotatable bonds is 4. The molecule has 5 heteroatoms. The smallest absolute Gasteiger partial charge is 0.269 e. The van der Waals surface area contributed by atoms with Gasteiger partial charge in [0.25, 0.3) is 5.69 Å². The molecule has 1 heterocycles. The Balaban J connectivity index is 1.86. The van der Waals surface area contributed by atoms with Gasteiger partial charge in [0.1, 0.15) is 0 Å². The standard InChI is InChI=1S/C18H12N2O3/c21-18(14-5-8-15(9-6-14)20(22)23)10-7-13-11-12-19-17-4-2-1-3-16(13)17/h1-12H/b10-7+. The van der Waals surface area contributed by atoms with E-state index in [0.717, 1.165) is 16.5 Å². The van der Waals surface area contributed by atoms with E-state index >= 15 is 0 Å². The Labute approximate surface area is 132 Å². The van der Waals surface area contributed by atoms with Crippen molar-refractivity contribution in [2.75, 3.05) is 0 Å². The molecule has 5 nitrogen and oxygen atoms in total. The number of ketones is 1. The summed E-state index contributed by atoms with van der Waals surface area (Å²) in [6.45, 7) is 0. The van der Waals surface area contributed by atoms with Crippen LogP contribution in [0.3, 0.4) is 0 Å². The van der Waals surface area contributed by atoms with Gasteiger partial charge in [-0.25, -0.2) is 0 Å². The van der Waals surface area contributed by atoms with Crippen molar-refractivity contribution < 1.29 is 9.72 Å². The van der Waals surface area contributed by atoms with Crippen LogP contribution in [0.5, 0.6) is 0 Å². The number of carbonyl (C=O) groups is 1. The molecule has 3 aromatic rings. The molecule has 1 aromatic heterocycles. The maximum absolute atomic E-state index is 12.2. The average Bonchev–Trinajstić information content (AvgIpc) is 2.59. The number of non-ortho nitro benzene ring substituents is 1. The van der Waals surface area contributed by atoms with Gasteiger partial charge in [-0.1, -0.05) is 24.3 Å². The van der Waals surface area contributed by atoms with Crippen LogP contribution in [-0.4, -0.2) is 15.7 Å². The fraction of sp³-hybridized carbons (Fsp3) is 0. The molecule has 3 rings (SSSR count). The second-order valence-corrected chi connectivity index (χ2v) is 4.92. The Kier molecular flexibility index (Phi) is 3.93. The summed E-state index contributed by atoms with van der Waals surface area (Å²) in [7, 11) is 0. The zero-order chi connectivity index (χ0) is 16.2. The summed E-state index contributed by atoms with van der Waals surface area (Å²) in [5.74, 6) is -0.208. The summed E-state index contributed by atoms with van der Waals surface area (Å²) in [5.41, 5.74) is 2.12. The monoisotopic (exact) mass is 304 g/mol. The maximum Gasteiger partial charge on any atom is 0.269 e. The first kappa shape index (κ1) is 14.6. The van der Waals surface area contributed by atoms with Crippen LogP contribution in [-0.2, 0) is 0 Å². The summed E-state index contributed by atoms with van der Waals surface area (Å²) >= 11 is 0. The zero-order valence-electron chi connectivity index (χ0n) is 12.0. The fourth-order valence-corrected chi connectivity index (χ4v) is 2.27. The molecular weight excluding hydrogens is 292 g/mol. The molecule has 23 heavy (non-hydrogen) atoms. The fourth-order valence-electron chi connectivity index (χ4n) is 2.27. The topological polar surface area (TPSA) is 73.1 Å². The van der Waals surface area contributed by atoms with Gasteiger partial charge in [0.2, 0.25) is 0 Å². The second kappa shape index (κ2) is 6.19. The number of nitro benzene ring substituents is 1. The van der Waals surface area contributed by atoms with Crippen LogP contribution < -0.4 is 0 Å². The molecule has 0 N–H and O–H groups in total. The zero-order valence-corrected chi connectivity index (χ0v) is 12.0. The first-order valence-electron chi connectivity index (χ1n) is 6.96. The number of carbonyl (C=O) groups excluding carboxylic acids is 1. The van der Waals surface area contributed by atoms with Gasteiger partial charge in [0.05, 0.1) is 10.4 Å². The van der Waals surface area contributed by atoms with Crippen molar-refractivity contribution >= 4 is 28.4 Å². The van der Waals surface area contributed by atoms with E-state index in [1.165, 1.54) is 30.3 Å². The third-order valence-electron chi connectivity index (χ3n) is 3.46. The quantitative estimate of drug-likeness (QED) is 0.315. The Hall–Kier alpha value is -3.34. The molecule has 0 bridgehead atoms. The molecule has 112 valence electrons. The van der Waals surface area contributed by atoms with E-state index in [-0.39, 0.29) is 11.5 Å². The van der Waals surface area contributed by atoms with Crippen LogP contribution in [0.2, 0.25) is 0 Å². The van der Waals surface area contributed by atoms with Gasteiger partial charge in [0, 0.05) is 29.3 Å². The Morgan fingerprint density at radius 1 is 1.04 bits per heavy atom. The van der Waals surface area contributed by atoms with Crippen LogP contribution in [0.15, 0.2) is 66.9 Å².